The second kappa shape index (κ2) is 4.21. The number of ether oxygens (including phenoxy) is 1. The monoisotopic (exact) mass is 222 g/mol. The van der Waals surface area contributed by atoms with Crippen molar-refractivity contribution in [2.75, 3.05) is 0 Å². The van der Waals surface area contributed by atoms with Gasteiger partial charge in [-0.3, -0.25) is 0 Å². The molecule has 1 aromatic carbocycles. The molecule has 0 radical (unpaired) electrons. The van der Waals surface area contributed by atoms with E-state index in [9.17, 15) is 5.11 Å². The first-order valence-electron chi connectivity index (χ1n) is 4.98. The fourth-order valence-corrected chi connectivity index (χ4v) is 2.43. The average Bonchev–Trinajstić information content (AvgIpc) is 2.59. The Morgan fingerprint density at radius 1 is 1.40 bits per heavy atom. The Hall–Kier alpha value is -1.06. The molecule has 2 nitrogen and oxygen atoms in total. The van der Waals surface area contributed by atoms with Crippen LogP contribution < -0.4 is 0 Å². The van der Waals surface area contributed by atoms with Gasteiger partial charge in [0.15, 0.2) is 0 Å². The standard InChI is InChI=1S/C12H14O2S/c1-8(2)14-6-9-7-15-12-10(9)4-3-5-11(12)13/h3-5,7-8,13H,6H2,1-2H3. The van der Waals surface area contributed by atoms with Gasteiger partial charge in [0.05, 0.1) is 17.4 Å². The molecule has 0 saturated carbocycles. The number of rotatable bonds is 3. The molecule has 0 aliphatic heterocycles. The van der Waals surface area contributed by atoms with Crippen molar-refractivity contribution in [1.82, 2.24) is 0 Å². The second-order valence-electron chi connectivity index (χ2n) is 3.77. The SMILES string of the molecule is CC(C)OCc1csc2c(O)cccc12. The summed E-state index contributed by atoms with van der Waals surface area (Å²) in [4.78, 5) is 0. The first-order chi connectivity index (χ1) is 7.18. The summed E-state index contributed by atoms with van der Waals surface area (Å²) in [5.41, 5.74) is 1.15. The third-order valence-electron chi connectivity index (χ3n) is 2.23. The van der Waals surface area contributed by atoms with Crippen LogP contribution in [0.3, 0.4) is 0 Å². The lowest BCUT2D eigenvalue weighted by Crippen LogP contribution is -2.01. The molecule has 15 heavy (non-hydrogen) atoms. The van der Waals surface area contributed by atoms with Crippen molar-refractivity contribution in [1.29, 1.82) is 0 Å². The van der Waals surface area contributed by atoms with E-state index in [2.05, 4.69) is 0 Å². The van der Waals surface area contributed by atoms with Crippen LogP contribution >= 0.6 is 11.3 Å². The van der Waals surface area contributed by atoms with Crippen molar-refractivity contribution in [3.05, 3.63) is 29.1 Å². The molecule has 3 heteroatoms. The van der Waals surface area contributed by atoms with E-state index in [1.165, 1.54) is 0 Å². The Balaban J connectivity index is 2.33. The average molecular weight is 222 g/mol. The maximum atomic E-state index is 9.63. The number of phenols is 1. The van der Waals surface area contributed by atoms with Gasteiger partial charge in [-0.2, -0.15) is 0 Å². The number of phenolic OH excluding ortho intramolecular Hbond substituents is 1. The van der Waals surface area contributed by atoms with E-state index in [1.807, 2.05) is 31.4 Å². The molecule has 2 aromatic rings. The van der Waals surface area contributed by atoms with Crippen LogP contribution in [-0.4, -0.2) is 11.2 Å². The molecule has 0 aliphatic carbocycles. The quantitative estimate of drug-likeness (QED) is 0.860. The largest absolute Gasteiger partial charge is 0.506 e. The number of hydrogen-bond acceptors (Lipinski definition) is 3. The molecule has 2 rings (SSSR count). The molecule has 1 aromatic heterocycles. The number of thiophene rings is 1. The third kappa shape index (κ3) is 2.13. The summed E-state index contributed by atoms with van der Waals surface area (Å²) in [7, 11) is 0. The van der Waals surface area contributed by atoms with E-state index in [-0.39, 0.29) is 6.10 Å². The molecule has 0 unspecified atom stereocenters. The van der Waals surface area contributed by atoms with Crippen LogP contribution in [-0.2, 0) is 11.3 Å². The molecule has 0 bridgehead atoms. The summed E-state index contributed by atoms with van der Waals surface area (Å²) in [5.74, 6) is 0.355. The maximum Gasteiger partial charge on any atom is 0.133 e. The third-order valence-corrected chi connectivity index (χ3v) is 3.30. The minimum Gasteiger partial charge on any atom is -0.506 e. The normalized spacial score (nSPS) is 11.4. The number of hydrogen-bond donors (Lipinski definition) is 1. The Kier molecular flexibility index (Phi) is 2.93. The van der Waals surface area contributed by atoms with Crippen LogP contribution in [0.25, 0.3) is 10.1 Å². The molecule has 0 spiro atoms. The van der Waals surface area contributed by atoms with Crippen molar-refractivity contribution in [3.63, 3.8) is 0 Å². The maximum absolute atomic E-state index is 9.63. The molecule has 80 valence electrons. The lowest BCUT2D eigenvalue weighted by atomic mass is 10.2. The first kappa shape index (κ1) is 10.5. The molecule has 0 atom stereocenters. The van der Waals surface area contributed by atoms with Crippen molar-refractivity contribution in [3.8, 4) is 5.75 Å². The second-order valence-corrected chi connectivity index (χ2v) is 4.65. The predicted octanol–water partition coefficient (Wildman–Crippen LogP) is 3.53. The number of benzene rings is 1. The highest BCUT2D eigenvalue weighted by Gasteiger charge is 2.07. The zero-order valence-corrected chi connectivity index (χ0v) is 9.67. The predicted molar refractivity (Wildman–Crippen MR) is 63.4 cm³/mol. The lowest BCUT2D eigenvalue weighted by Gasteiger charge is -2.06. The Labute approximate surface area is 93.1 Å². The summed E-state index contributed by atoms with van der Waals surface area (Å²) in [5, 5.41) is 12.8. The van der Waals surface area contributed by atoms with E-state index >= 15 is 0 Å². The Morgan fingerprint density at radius 2 is 2.20 bits per heavy atom. The van der Waals surface area contributed by atoms with E-state index in [0.717, 1.165) is 15.6 Å². The highest BCUT2D eigenvalue weighted by Crippen LogP contribution is 2.33. The summed E-state index contributed by atoms with van der Waals surface area (Å²) < 4.78 is 6.50. The van der Waals surface area contributed by atoms with E-state index in [1.54, 1.807) is 17.4 Å². The van der Waals surface area contributed by atoms with Gasteiger partial charge in [0, 0.05) is 5.39 Å². The molecule has 1 N–H and O–H groups in total. The molecular formula is C12H14O2S. The fraction of sp³-hybridized carbons (Fsp3) is 0.333. The van der Waals surface area contributed by atoms with E-state index in [0.29, 0.717) is 12.4 Å². The molecule has 0 amide bonds. The van der Waals surface area contributed by atoms with Crippen LogP contribution in [0, 0.1) is 0 Å². The minimum absolute atomic E-state index is 0.234. The first-order valence-corrected chi connectivity index (χ1v) is 5.86. The Morgan fingerprint density at radius 3 is 2.93 bits per heavy atom. The summed E-state index contributed by atoms with van der Waals surface area (Å²) in [6.45, 7) is 4.65. The van der Waals surface area contributed by atoms with Crippen LogP contribution in [0.5, 0.6) is 5.75 Å². The van der Waals surface area contributed by atoms with Gasteiger partial charge in [-0.25, -0.2) is 0 Å². The van der Waals surface area contributed by atoms with Gasteiger partial charge in [-0.15, -0.1) is 11.3 Å². The number of aromatic hydroxyl groups is 1. The van der Waals surface area contributed by atoms with Crippen molar-refractivity contribution in [2.45, 2.75) is 26.6 Å². The van der Waals surface area contributed by atoms with Crippen LogP contribution in [0.15, 0.2) is 23.6 Å². The molecule has 1 heterocycles. The van der Waals surface area contributed by atoms with Gasteiger partial charge >= 0.3 is 0 Å². The highest BCUT2D eigenvalue weighted by atomic mass is 32.1. The summed E-state index contributed by atoms with van der Waals surface area (Å²) in [6.07, 6.45) is 0.234. The number of fused-ring (bicyclic) bond motifs is 1. The van der Waals surface area contributed by atoms with Crippen LogP contribution in [0.4, 0.5) is 0 Å². The highest BCUT2D eigenvalue weighted by molar-refractivity contribution is 7.17. The molecule has 0 fully saturated rings. The van der Waals surface area contributed by atoms with Crippen molar-refractivity contribution >= 4 is 21.4 Å². The topological polar surface area (TPSA) is 29.5 Å². The smallest absolute Gasteiger partial charge is 0.133 e. The van der Waals surface area contributed by atoms with Crippen LogP contribution in [0.2, 0.25) is 0 Å². The molecular weight excluding hydrogens is 208 g/mol. The van der Waals surface area contributed by atoms with Crippen molar-refractivity contribution in [2.24, 2.45) is 0 Å². The van der Waals surface area contributed by atoms with Gasteiger partial charge in [-0.05, 0) is 30.9 Å². The summed E-state index contributed by atoms with van der Waals surface area (Å²) in [6, 6.07) is 5.60. The molecule has 0 aliphatic rings. The van der Waals surface area contributed by atoms with Gasteiger partial charge < -0.3 is 9.84 Å². The Bertz CT molecular complexity index is 460. The van der Waals surface area contributed by atoms with Gasteiger partial charge in [0.1, 0.15) is 5.75 Å². The summed E-state index contributed by atoms with van der Waals surface area (Å²) >= 11 is 1.56. The van der Waals surface area contributed by atoms with Crippen LogP contribution in [0.1, 0.15) is 19.4 Å². The van der Waals surface area contributed by atoms with Gasteiger partial charge in [-0.1, -0.05) is 12.1 Å². The van der Waals surface area contributed by atoms with E-state index < -0.39 is 0 Å². The van der Waals surface area contributed by atoms with Gasteiger partial charge in [0.25, 0.3) is 0 Å². The minimum atomic E-state index is 0.234. The molecule has 0 saturated heterocycles. The van der Waals surface area contributed by atoms with Gasteiger partial charge in [0.2, 0.25) is 0 Å². The lowest BCUT2D eigenvalue weighted by molar-refractivity contribution is 0.0666. The zero-order valence-electron chi connectivity index (χ0n) is 8.86. The van der Waals surface area contributed by atoms with E-state index in [4.69, 9.17) is 4.74 Å². The van der Waals surface area contributed by atoms with Crippen molar-refractivity contribution < 1.29 is 9.84 Å². The fourth-order valence-electron chi connectivity index (χ4n) is 1.46. The zero-order chi connectivity index (χ0) is 10.8.